The van der Waals surface area contributed by atoms with Gasteiger partial charge in [-0.3, -0.25) is 10.1 Å². The summed E-state index contributed by atoms with van der Waals surface area (Å²) in [4.78, 5) is 18.5. The smallest absolute Gasteiger partial charge is 0.273 e. The molecule has 0 bridgehead atoms. The fourth-order valence-corrected chi connectivity index (χ4v) is 2.56. The zero-order valence-electron chi connectivity index (χ0n) is 16.9. The molecule has 0 aliphatic rings. The summed E-state index contributed by atoms with van der Waals surface area (Å²) in [5.74, 6) is 1.92. The summed E-state index contributed by atoms with van der Waals surface area (Å²) in [6.07, 6.45) is 0. The number of anilines is 1. The lowest BCUT2D eigenvalue weighted by molar-refractivity contribution is -0.385. The molecule has 0 saturated heterocycles. The number of nitro groups is 1. The van der Waals surface area contributed by atoms with Gasteiger partial charge in [0, 0.05) is 42.3 Å². The molecule has 10 heteroatoms. The monoisotopic (exact) mass is 424 g/mol. The maximum absolute atomic E-state index is 10.8. The van der Waals surface area contributed by atoms with Crippen LogP contribution in [0.4, 0.5) is 11.4 Å². The van der Waals surface area contributed by atoms with Gasteiger partial charge in [0.2, 0.25) is 23.4 Å². The standard InChI is InChI=1S/C10H9N3O3.C10H11N3O.CH4/c1-6-3-4-8(5-9(6)13(14)15)10-11-7(2)16-12-10;1-6-3-4-8(5-9(6)11)10-12-7(2)14-13-10;/h3-5H,1-2H3;3-5H,11H2,1-2H3;1H4. The minimum Gasteiger partial charge on any atom is -0.398 e. The van der Waals surface area contributed by atoms with E-state index in [1.165, 1.54) is 6.07 Å². The Bertz CT molecular complexity index is 1200. The van der Waals surface area contributed by atoms with E-state index in [1.807, 2.05) is 25.1 Å². The fraction of sp³-hybridized carbons (Fsp3) is 0.238. The summed E-state index contributed by atoms with van der Waals surface area (Å²) in [7, 11) is 0. The average Bonchev–Trinajstić information content (AvgIpc) is 3.33. The number of nitrogens with zero attached hydrogens (tertiary/aromatic N) is 5. The lowest BCUT2D eigenvalue weighted by Gasteiger charge is -2.00. The third kappa shape index (κ3) is 5.50. The highest BCUT2D eigenvalue weighted by Gasteiger charge is 2.14. The van der Waals surface area contributed by atoms with E-state index < -0.39 is 4.92 Å². The van der Waals surface area contributed by atoms with Crippen molar-refractivity contribution in [1.29, 1.82) is 0 Å². The Balaban J connectivity index is 0.000000215. The predicted molar refractivity (Wildman–Crippen MR) is 116 cm³/mol. The molecule has 2 aromatic carbocycles. The summed E-state index contributed by atoms with van der Waals surface area (Å²) in [5.41, 5.74) is 9.69. The van der Waals surface area contributed by atoms with Crippen molar-refractivity contribution >= 4 is 11.4 Å². The van der Waals surface area contributed by atoms with Gasteiger partial charge in [-0.25, -0.2) is 0 Å². The van der Waals surface area contributed by atoms with Gasteiger partial charge in [0.25, 0.3) is 5.69 Å². The Hall–Kier alpha value is -4.08. The molecule has 10 nitrogen and oxygen atoms in total. The van der Waals surface area contributed by atoms with E-state index in [9.17, 15) is 10.1 Å². The van der Waals surface area contributed by atoms with Crippen molar-refractivity contribution in [3.63, 3.8) is 0 Å². The first-order chi connectivity index (χ1) is 14.2. The molecule has 2 N–H and O–H groups in total. The second kappa shape index (κ2) is 9.61. The van der Waals surface area contributed by atoms with Crippen LogP contribution >= 0.6 is 0 Å². The Labute approximate surface area is 179 Å². The summed E-state index contributed by atoms with van der Waals surface area (Å²) in [6, 6.07) is 10.6. The van der Waals surface area contributed by atoms with Crippen LogP contribution in [0.3, 0.4) is 0 Å². The average molecular weight is 424 g/mol. The molecule has 0 atom stereocenters. The van der Waals surface area contributed by atoms with Gasteiger partial charge in [0.15, 0.2) is 0 Å². The summed E-state index contributed by atoms with van der Waals surface area (Å²) < 4.78 is 9.71. The van der Waals surface area contributed by atoms with Crippen molar-refractivity contribution in [3.05, 3.63) is 69.4 Å². The van der Waals surface area contributed by atoms with Crippen LogP contribution in [0.15, 0.2) is 45.4 Å². The number of rotatable bonds is 3. The molecule has 0 amide bonds. The van der Waals surface area contributed by atoms with E-state index >= 15 is 0 Å². The number of benzene rings is 2. The molecule has 162 valence electrons. The summed E-state index contributed by atoms with van der Waals surface area (Å²) in [6.45, 7) is 7.07. The van der Waals surface area contributed by atoms with Gasteiger partial charge in [-0.2, -0.15) is 9.97 Å². The van der Waals surface area contributed by atoms with Gasteiger partial charge in [-0.1, -0.05) is 42.0 Å². The molecule has 0 spiro atoms. The van der Waals surface area contributed by atoms with Gasteiger partial charge in [-0.05, 0) is 25.5 Å². The highest BCUT2D eigenvalue weighted by molar-refractivity contribution is 5.63. The van der Waals surface area contributed by atoms with E-state index in [0.717, 1.165) is 16.8 Å². The number of aryl methyl sites for hydroxylation is 4. The van der Waals surface area contributed by atoms with E-state index in [2.05, 4.69) is 20.3 Å². The molecule has 0 aliphatic carbocycles. The zero-order valence-corrected chi connectivity index (χ0v) is 16.9. The van der Waals surface area contributed by atoms with Gasteiger partial charge in [0.1, 0.15) is 0 Å². The second-order valence-electron chi connectivity index (χ2n) is 6.60. The Morgan fingerprint density at radius 1 is 0.839 bits per heavy atom. The van der Waals surface area contributed by atoms with Crippen molar-refractivity contribution in [2.45, 2.75) is 35.1 Å². The Morgan fingerprint density at radius 3 is 1.74 bits per heavy atom. The van der Waals surface area contributed by atoms with Crippen LogP contribution < -0.4 is 5.73 Å². The molecule has 0 fully saturated rings. The second-order valence-corrected chi connectivity index (χ2v) is 6.60. The van der Waals surface area contributed by atoms with E-state index in [4.69, 9.17) is 14.8 Å². The minimum atomic E-state index is -0.425. The predicted octanol–water partition coefficient (Wildman–Crippen LogP) is 4.83. The third-order valence-corrected chi connectivity index (χ3v) is 4.26. The van der Waals surface area contributed by atoms with Crippen molar-refractivity contribution in [3.8, 4) is 22.8 Å². The van der Waals surface area contributed by atoms with Crippen molar-refractivity contribution in [2.24, 2.45) is 0 Å². The topological polar surface area (TPSA) is 147 Å². The van der Waals surface area contributed by atoms with Crippen molar-refractivity contribution in [2.75, 3.05) is 5.73 Å². The van der Waals surface area contributed by atoms with E-state index in [0.29, 0.717) is 34.6 Å². The Morgan fingerprint density at radius 2 is 1.32 bits per heavy atom. The van der Waals surface area contributed by atoms with Crippen molar-refractivity contribution < 1.29 is 14.0 Å². The van der Waals surface area contributed by atoms with Crippen LogP contribution in [-0.4, -0.2) is 25.2 Å². The van der Waals surface area contributed by atoms with Gasteiger partial charge in [0.05, 0.1) is 4.92 Å². The molecular formula is C21H24N6O4. The van der Waals surface area contributed by atoms with Crippen LogP contribution in [0.5, 0.6) is 0 Å². The molecule has 0 aliphatic heterocycles. The summed E-state index contributed by atoms with van der Waals surface area (Å²) in [5, 5.41) is 18.3. The maximum atomic E-state index is 10.8. The molecule has 2 heterocycles. The first-order valence-electron chi connectivity index (χ1n) is 8.97. The number of hydrogen-bond donors (Lipinski definition) is 1. The Kier molecular flexibility index (Phi) is 7.19. The SMILES string of the molecule is C.Cc1nc(-c2ccc(C)c(N)c2)no1.Cc1nc(-c2ccc(C)c([N+](=O)[O-])c2)no1. The zero-order chi connectivity index (χ0) is 21.8. The van der Waals surface area contributed by atoms with Crippen LogP contribution in [0, 0.1) is 37.8 Å². The van der Waals surface area contributed by atoms with Crippen LogP contribution in [-0.2, 0) is 0 Å². The largest absolute Gasteiger partial charge is 0.398 e. The molecule has 0 unspecified atom stereocenters. The number of nitrogen functional groups attached to an aromatic ring is 1. The lowest BCUT2D eigenvalue weighted by Crippen LogP contribution is -1.92. The van der Waals surface area contributed by atoms with Crippen molar-refractivity contribution in [1.82, 2.24) is 20.3 Å². The lowest BCUT2D eigenvalue weighted by atomic mass is 10.1. The van der Waals surface area contributed by atoms with Gasteiger partial charge in [-0.15, -0.1) is 0 Å². The molecule has 0 radical (unpaired) electrons. The maximum Gasteiger partial charge on any atom is 0.273 e. The molecule has 4 aromatic rings. The molecule has 2 aromatic heterocycles. The first kappa shape index (κ1) is 23.2. The van der Waals surface area contributed by atoms with E-state index in [-0.39, 0.29) is 13.1 Å². The first-order valence-corrected chi connectivity index (χ1v) is 8.97. The van der Waals surface area contributed by atoms with Crippen LogP contribution in [0.1, 0.15) is 30.3 Å². The molecule has 31 heavy (non-hydrogen) atoms. The van der Waals surface area contributed by atoms with Gasteiger partial charge >= 0.3 is 0 Å². The molecular weight excluding hydrogens is 400 g/mol. The number of hydrogen-bond acceptors (Lipinski definition) is 9. The summed E-state index contributed by atoms with van der Waals surface area (Å²) >= 11 is 0. The van der Waals surface area contributed by atoms with E-state index in [1.54, 1.807) is 32.9 Å². The highest BCUT2D eigenvalue weighted by Crippen LogP contribution is 2.25. The highest BCUT2D eigenvalue weighted by atomic mass is 16.6. The number of nitro benzene ring substituents is 1. The quantitative estimate of drug-likeness (QED) is 0.277. The minimum absolute atomic E-state index is 0. The third-order valence-electron chi connectivity index (χ3n) is 4.26. The fourth-order valence-electron chi connectivity index (χ4n) is 2.56. The number of aromatic nitrogens is 4. The number of nitrogens with two attached hydrogens (primary N) is 1. The van der Waals surface area contributed by atoms with Gasteiger partial charge < -0.3 is 14.8 Å². The molecule has 4 rings (SSSR count). The molecule has 0 saturated carbocycles. The normalized spacial score (nSPS) is 10.1. The van der Waals surface area contributed by atoms with Crippen LogP contribution in [0.25, 0.3) is 22.8 Å². The van der Waals surface area contributed by atoms with Crippen LogP contribution in [0.2, 0.25) is 0 Å².